The Morgan fingerprint density at radius 1 is 1.53 bits per heavy atom. The lowest BCUT2D eigenvalue weighted by Gasteiger charge is -2.13. The van der Waals surface area contributed by atoms with Gasteiger partial charge in [-0.05, 0) is 47.3 Å². The Labute approximate surface area is 97.6 Å². The topological polar surface area (TPSA) is 48.7 Å². The average molecular weight is 266 g/mol. The fourth-order valence-electron chi connectivity index (χ4n) is 1.96. The second-order valence-corrected chi connectivity index (χ2v) is 4.66. The minimum Gasteiger partial charge on any atom is -0.382 e. The van der Waals surface area contributed by atoms with Crippen molar-refractivity contribution in [1.82, 2.24) is 4.98 Å². The third kappa shape index (κ3) is 2.69. The Bertz CT molecular complexity index is 386. The third-order valence-electron chi connectivity index (χ3n) is 2.71. The number of halogens is 1. The van der Waals surface area contributed by atoms with Gasteiger partial charge in [-0.1, -0.05) is 0 Å². The summed E-state index contributed by atoms with van der Waals surface area (Å²) < 4.78 is 0.835. The van der Waals surface area contributed by atoms with Crippen molar-refractivity contribution in [3.63, 3.8) is 0 Å². The number of hydrogen-bond acceptors (Lipinski definition) is 3. The summed E-state index contributed by atoms with van der Waals surface area (Å²) in [5.41, 5.74) is 1.07. The Hall–Kier alpha value is -1.08. The monoisotopic (exact) mass is 265 g/mol. The first-order valence-electron chi connectivity index (χ1n) is 5.05. The molecule has 1 fully saturated rings. The highest BCUT2D eigenvalue weighted by Crippen LogP contribution is 2.27. The Balaban J connectivity index is 1.96. The van der Waals surface area contributed by atoms with E-state index in [0.29, 0.717) is 6.04 Å². The van der Waals surface area contributed by atoms with Crippen LogP contribution in [-0.4, -0.2) is 11.0 Å². The van der Waals surface area contributed by atoms with Crippen LogP contribution in [0.2, 0.25) is 0 Å². The number of aromatic nitrogens is 1. The lowest BCUT2D eigenvalue weighted by molar-refractivity contribution is 0.683. The summed E-state index contributed by atoms with van der Waals surface area (Å²) in [6, 6.07) is 6.67. The van der Waals surface area contributed by atoms with E-state index in [2.05, 4.69) is 32.3 Å². The molecule has 1 aliphatic carbocycles. The standard InChI is InChI=1S/C11H12BrN3/c12-11-6-10(3-4-14-11)15-9-2-1-8(5-9)7-13/h3-4,6,8-9H,1-2,5H2,(H,14,15). The molecule has 2 unspecified atom stereocenters. The van der Waals surface area contributed by atoms with Crippen LogP contribution in [0.25, 0.3) is 0 Å². The van der Waals surface area contributed by atoms with Crippen LogP contribution in [0.4, 0.5) is 5.69 Å². The van der Waals surface area contributed by atoms with E-state index in [0.717, 1.165) is 29.6 Å². The van der Waals surface area contributed by atoms with E-state index in [1.807, 2.05) is 12.1 Å². The average Bonchev–Trinajstić information content (AvgIpc) is 2.65. The van der Waals surface area contributed by atoms with E-state index in [4.69, 9.17) is 5.26 Å². The van der Waals surface area contributed by atoms with E-state index in [1.54, 1.807) is 6.20 Å². The van der Waals surface area contributed by atoms with Gasteiger partial charge < -0.3 is 5.32 Å². The highest BCUT2D eigenvalue weighted by molar-refractivity contribution is 9.10. The summed E-state index contributed by atoms with van der Waals surface area (Å²) >= 11 is 3.33. The van der Waals surface area contributed by atoms with E-state index < -0.39 is 0 Å². The lowest BCUT2D eigenvalue weighted by atomic mass is 10.1. The third-order valence-corrected chi connectivity index (χ3v) is 3.15. The summed E-state index contributed by atoms with van der Waals surface area (Å²) in [5.74, 6) is 0.229. The van der Waals surface area contributed by atoms with Crippen molar-refractivity contribution in [2.75, 3.05) is 5.32 Å². The van der Waals surface area contributed by atoms with Crippen LogP contribution in [0.3, 0.4) is 0 Å². The predicted molar refractivity (Wildman–Crippen MR) is 62.3 cm³/mol. The van der Waals surface area contributed by atoms with Gasteiger partial charge in [0, 0.05) is 23.8 Å². The normalized spacial score (nSPS) is 24.8. The van der Waals surface area contributed by atoms with Crippen LogP contribution in [0.15, 0.2) is 22.9 Å². The van der Waals surface area contributed by atoms with Crippen LogP contribution in [-0.2, 0) is 0 Å². The van der Waals surface area contributed by atoms with Crippen molar-refractivity contribution in [1.29, 1.82) is 5.26 Å². The molecule has 1 N–H and O–H groups in total. The van der Waals surface area contributed by atoms with Gasteiger partial charge in [-0.2, -0.15) is 5.26 Å². The first-order valence-corrected chi connectivity index (χ1v) is 5.85. The van der Waals surface area contributed by atoms with Gasteiger partial charge in [-0.3, -0.25) is 0 Å². The van der Waals surface area contributed by atoms with Gasteiger partial charge in [-0.15, -0.1) is 0 Å². The minimum absolute atomic E-state index is 0.229. The highest BCUT2D eigenvalue weighted by atomic mass is 79.9. The molecule has 1 aliphatic rings. The van der Waals surface area contributed by atoms with Crippen LogP contribution in [0.1, 0.15) is 19.3 Å². The molecule has 0 bridgehead atoms. The molecule has 0 aliphatic heterocycles. The van der Waals surface area contributed by atoms with Crippen LogP contribution in [0, 0.1) is 17.2 Å². The molecule has 15 heavy (non-hydrogen) atoms. The van der Waals surface area contributed by atoms with Gasteiger partial charge in [-0.25, -0.2) is 4.98 Å². The van der Waals surface area contributed by atoms with Crippen LogP contribution >= 0.6 is 15.9 Å². The molecule has 0 saturated heterocycles. The number of anilines is 1. The summed E-state index contributed by atoms with van der Waals surface area (Å²) in [5, 5.41) is 12.2. The fourth-order valence-corrected chi connectivity index (χ4v) is 2.32. The van der Waals surface area contributed by atoms with Crippen LogP contribution in [0.5, 0.6) is 0 Å². The molecule has 1 aromatic heterocycles. The van der Waals surface area contributed by atoms with Crippen LogP contribution < -0.4 is 5.32 Å². The van der Waals surface area contributed by atoms with E-state index in [1.165, 1.54) is 0 Å². The zero-order chi connectivity index (χ0) is 10.7. The lowest BCUT2D eigenvalue weighted by Crippen LogP contribution is -2.15. The van der Waals surface area contributed by atoms with Crippen molar-refractivity contribution in [3.05, 3.63) is 22.9 Å². The van der Waals surface area contributed by atoms with Gasteiger partial charge in [0.2, 0.25) is 0 Å². The summed E-state index contributed by atoms with van der Waals surface area (Å²) in [4.78, 5) is 4.07. The Morgan fingerprint density at radius 3 is 3.07 bits per heavy atom. The second-order valence-electron chi connectivity index (χ2n) is 3.85. The summed E-state index contributed by atoms with van der Waals surface area (Å²) in [7, 11) is 0. The maximum atomic E-state index is 8.80. The molecular weight excluding hydrogens is 254 g/mol. The first kappa shape index (κ1) is 10.4. The van der Waals surface area contributed by atoms with Gasteiger partial charge in [0.15, 0.2) is 0 Å². The predicted octanol–water partition coefficient (Wildman–Crippen LogP) is 2.95. The molecule has 1 aromatic rings. The molecule has 0 amide bonds. The SMILES string of the molecule is N#CC1CCC(Nc2ccnc(Br)c2)C1. The van der Waals surface area contributed by atoms with Crippen molar-refractivity contribution in [2.45, 2.75) is 25.3 Å². The molecule has 2 atom stereocenters. The fraction of sp³-hybridized carbons (Fsp3) is 0.455. The molecule has 0 aromatic carbocycles. The zero-order valence-corrected chi connectivity index (χ0v) is 9.87. The number of nitriles is 1. The maximum Gasteiger partial charge on any atom is 0.108 e. The number of nitrogens with zero attached hydrogens (tertiary/aromatic N) is 2. The summed E-state index contributed by atoms with van der Waals surface area (Å²) in [6.45, 7) is 0. The number of pyridine rings is 1. The van der Waals surface area contributed by atoms with Gasteiger partial charge in [0.1, 0.15) is 4.60 Å². The van der Waals surface area contributed by atoms with E-state index in [-0.39, 0.29) is 5.92 Å². The molecule has 1 heterocycles. The van der Waals surface area contributed by atoms with E-state index >= 15 is 0 Å². The van der Waals surface area contributed by atoms with Gasteiger partial charge in [0.25, 0.3) is 0 Å². The van der Waals surface area contributed by atoms with Crippen molar-refractivity contribution < 1.29 is 0 Å². The molecule has 2 rings (SSSR count). The largest absolute Gasteiger partial charge is 0.382 e. The minimum atomic E-state index is 0.229. The van der Waals surface area contributed by atoms with Gasteiger partial charge in [0.05, 0.1) is 6.07 Å². The first-order chi connectivity index (χ1) is 7.28. The smallest absolute Gasteiger partial charge is 0.108 e. The Kier molecular flexibility index (Phi) is 3.22. The Morgan fingerprint density at radius 2 is 2.40 bits per heavy atom. The van der Waals surface area contributed by atoms with Crippen molar-refractivity contribution in [2.24, 2.45) is 5.92 Å². The molecule has 4 heteroatoms. The molecule has 0 radical (unpaired) electrons. The molecule has 1 saturated carbocycles. The number of hydrogen-bond donors (Lipinski definition) is 1. The van der Waals surface area contributed by atoms with Gasteiger partial charge >= 0.3 is 0 Å². The van der Waals surface area contributed by atoms with Crippen molar-refractivity contribution >= 4 is 21.6 Å². The molecular formula is C11H12BrN3. The highest BCUT2D eigenvalue weighted by Gasteiger charge is 2.23. The summed E-state index contributed by atoms with van der Waals surface area (Å²) in [6.07, 6.45) is 4.82. The number of rotatable bonds is 2. The second kappa shape index (κ2) is 4.63. The number of nitrogens with one attached hydrogen (secondary N) is 1. The van der Waals surface area contributed by atoms with E-state index in [9.17, 15) is 0 Å². The molecule has 78 valence electrons. The quantitative estimate of drug-likeness (QED) is 0.837. The van der Waals surface area contributed by atoms with Crippen molar-refractivity contribution in [3.8, 4) is 6.07 Å². The molecule has 0 spiro atoms. The maximum absolute atomic E-state index is 8.80. The zero-order valence-electron chi connectivity index (χ0n) is 8.28. The molecule has 3 nitrogen and oxygen atoms in total.